The van der Waals surface area contributed by atoms with Crippen LogP contribution in [0.5, 0.6) is 0 Å². The van der Waals surface area contributed by atoms with E-state index in [9.17, 15) is 0 Å². The highest BCUT2D eigenvalue weighted by Crippen LogP contribution is 2.11. The molecule has 0 aliphatic heterocycles. The van der Waals surface area contributed by atoms with Gasteiger partial charge in [-0.3, -0.25) is 4.90 Å². The highest BCUT2D eigenvalue weighted by atomic mass is 15.1. The van der Waals surface area contributed by atoms with Gasteiger partial charge in [-0.1, -0.05) is 31.2 Å². The Kier molecular flexibility index (Phi) is 6.02. The number of rotatable bonds is 6. The fourth-order valence-electron chi connectivity index (χ4n) is 1.96. The lowest BCUT2D eigenvalue weighted by Gasteiger charge is -2.24. The van der Waals surface area contributed by atoms with Gasteiger partial charge in [-0.05, 0) is 52.3 Å². The summed E-state index contributed by atoms with van der Waals surface area (Å²) in [6, 6.07) is 9.54. The van der Waals surface area contributed by atoms with Crippen LogP contribution in [0.15, 0.2) is 24.3 Å². The van der Waals surface area contributed by atoms with Crippen molar-refractivity contribution in [2.45, 2.75) is 65.7 Å². The van der Waals surface area contributed by atoms with Crippen LogP contribution in [0, 0.1) is 0 Å². The topological polar surface area (TPSA) is 15.3 Å². The summed E-state index contributed by atoms with van der Waals surface area (Å²) in [5.74, 6) is 0. The van der Waals surface area contributed by atoms with Crippen LogP contribution in [-0.2, 0) is 13.1 Å². The van der Waals surface area contributed by atoms with E-state index in [1.807, 2.05) is 0 Å². The van der Waals surface area contributed by atoms with Gasteiger partial charge in [0.25, 0.3) is 0 Å². The molecule has 0 bridgehead atoms. The largest absolute Gasteiger partial charge is 0.308 e. The molecule has 0 fully saturated rings. The second-order valence-corrected chi connectivity index (χ2v) is 6.60. The van der Waals surface area contributed by atoms with Crippen molar-refractivity contribution in [3.8, 4) is 0 Å². The first kappa shape index (κ1) is 16.2. The van der Waals surface area contributed by atoms with Crippen molar-refractivity contribution in [3.05, 3.63) is 35.4 Å². The molecule has 1 N–H and O–H groups in total. The number of hydrogen-bond donors (Lipinski definition) is 1. The fraction of sp³-hybridized carbons (Fsp3) is 0.647. The Labute approximate surface area is 119 Å². The van der Waals surface area contributed by atoms with Crippen LogP contribution in [0.3, 0.4) is 0 Å². The number of nitrogens with zero attached hydrogens (tertiary/aromatic N) is 1. The van der Waals surface area contributed by atoms with Crippen molar-refractivity contribution in [1.82, 2.24) is 10.2 Å². The summed E-state index contributed by atoms with van der Waals surface area (Å²) < 4.78 is 0. The number of benzene rings is 1. The van der Waals surface area contributed by atoms with Gasteiger partial charge in [0.1, 0.15) is 0 Å². The molecule has 0 amide bonds. The molecule has 0 aromatic heterocycles. The normalized spacial score (nSPS) is 13.8. The molecule has 1 unspecified atom stereocenters. The predicted octanol–water partition coefficient (Wildman–Crippen LogP) is 3.81. The summed E-state index contributed by atoms with van der Waals surface area (Å²) in [4.78, 5) is 2.41. The highest BCUT2D eigenvalue weighted by Gasteiger charge is 2.10. The van der Waals surface area contributed by atoms with E-state index in [0.717, 1.165) is 13.1 Å². The number of nitrogens with one attached hydrogen (secondary N) is 1. The Hall–Kier alpha value is -0.860. The summed E-state index contributed by atoms with van der Waals surface area (Å²) >= 11 is 0. The van der Waals surface area contributed by atoms with Crippen LogP contribution < -0.4 is 5.32 Å². The van der Waals surface area contributed by atoms with Gasteiger partial charge in [0.2, 0.25) is 0 Å². The first-order valence-electron chi connectivity index (χ1n) is 7.35. The highest BCUT2D eigenvalue weighted by molar-refractivity contribution is 5.23. The maximum absolute atomic E-state index is 3.54. The van der Waals surface area contributed by atoms with Crippen molar-refractivity contribution in [2.75, 3.05) is 7.05 Å². The van der Waals surface area contributed by atoms with E-state index < -0.39 is 0 Å². The molecular formula is C17H30N2. The van der Waals surface area contributed by atoms with Gasteiger partial charge in [-0.15, -0.1) is 0 Å². The van der Waals surface area contributed by atoms with Gasteiger partial charge in [0, 0.05) is 24.7 Å². The lowest BCUT2D eigenvalue weighted by molar-refractivity contribution is 0.244. The minimum absolute atomic E-state index is 0.170. The Bertz CT molecular complexity index is 379. The molecule has 1 aromatic rings. The van der Waals surface area contributed by atoms with Gasteiger partial charge in [0.05, 0.1) is 0 Å². The average molecular weight is 262 g/mol. The van der Waals surface area contributed by atoms with E-state index in [0.29, 0.717) is 6.04 Å². The Morgan fingerprint density at radius 1 is 1.21 bits per heavy atom. The van der Waals surface area contributed by atoms with Crippen LogP contribution in [0.1, 0.15) is 52.2 Å². The molecule has 0 aliphatic rings. The van der Waals surface area contributed by atoms with Crippen LogP contribution >= 0.6 is 0 Å². The van der Waals surface area contributed by atoms with Gasteiger partial charge in [-0.2, -0.15) is 0 Å². The third kappa shape index (κ3) is 6.22. The monoisotopic (exact) mass is 262 g/mol. The zero-order valence-electron chi connectivity index (χ0n) is 13.5. The smallest absolute Gasteiger partial charge is 0.0233 e. The average Bonchev–Trinajstić information content (AvgIpc) is 2.35. The molecule has 1 atom stereocenters. The second-order valence-electron chi connectivity index (χ2n) is 6.60. The lowest BCUT2D eigenvalue weighted by atomic mass is 10.1. The minimum atomic E-state index is 0.170. The van der Waals surface area contributed by atoms with Crippen molar-refractivity contribution < 1.29 is 0 Å². The van der Waals surface area contributed by atoms with Gasteiger partial charge >= 0.3 is 0 Å². The first-order chi connectivity index (χ1) is 8.81. The maximum Gasteiger partial charge on any atom is 0.0233 e. The molecular weight excluding hydrogens is 232 g/mol. The number of hydrogen-bond acceptors (Lipinski definition) is 2. The van der Waals surface area contributed by atoms with Gasteiger partial charge in [0.15, 0.2) is 0 Å². The van der Waals surface area contributed by atoms with Crippen LogP contribution in [0.4, 0.5) is 0 Å². The van der Waals surface area contributed by atoms with Crippen LogP contribution in [0.2, 0.25) is 0 Å². The predicted molar refractivity (Wildman–Crippen MR) is 84.3 cm³/mol. The van der Waals surface area contributed by atoms with E-state index in [1.54, 1.807) is 0 Å². The van der Waals surface area contributed by atoms with Crippen molar-refractivity contribution in [1.29, 1.82) is 0 Å². The van der Waals surface area contributed by atoms with Gasteiger partial charge < -0.3 is 5.32 Å². The fourth-order valence-corrected chi connectivity index (χ4v) is 1.96. The zero-order valence-corrected chi connectivity index (χ0v) is 13.5. The molecule has 108 valence electrons. The van der Waals surface area contributed by atoms with Gasteiger partial charge in [-0.25, -0.2) is 0 Å². The molecule has 2 nitrogen and oxygen atoms in total. The maximum atomic E-state index is 3.54. The summed E-state index contributed by atoms with van der Waals surface area (Å²) in [6.07, 6.45) is 1.20. The third-order valence-corrected chi connectivity index (χ3v) is 3.59. The first-order valence-corrected chi connectivity index (χ1v) is 7.35. The lowest BCUT2D eigenvalue weighted by Crippen LogP contribution is -2.35. The molecule has 0 aliphatic carbocycles. The molecule has 0 spiro atoms. The molecule has 19 heavy (non-hydrogen) atoms. The molecule has 2 heteroatoms. The second kappa shape index (κ2) is 7.06. The molecule has 0 saturated carbocycles. The molecule has 0 heterocycles. The summed E-state index contributed by atoms with van der Waals surface area (Å²) in [7, 11) is 2.20. The summed E-state index contributed by atoms with van der Waals surface area (Å²) in [5.41, 5.74) is 2.93. The van der Waals surface area contributed by atoms with Crippen LogP contribution in [0.25, 0.3) is 0 Å². The van der Waals surface area contributed by atoms with Crippen molar-refractivity contribution in [3.63, 3.8) is 0 Å². The van der Waals surface area contributed by atoms with Crippen molar-refractivity contribution in [2.24, 2.45) is 0 Å². The Balaban J connectivity index is 2.62. The minimum Gasteiger partial charge on any atom is -0.308 e. The zero-order chi connectivity index (χ0) is 14.5. The Morgan fingerprint density at radius 3 is 2.42 bits per heavy atom. The van der Waals surface area contributed by atoms with E-state index in [-0.39, 0.29) is 5.54 Å². The van der Waals surface area contributed by atoms with Crippen LogP contribution in [-0.4, -0.2) is 23.5 Å². The SMILES string of the molecule is CCC(C)N(C)Cc1cccc(CNC(C)(C)C)c1. The molecule has 0 saturated heterocycles. The van der Waals surface area contributed by atoms with E-state index in [1.165, 1.54) is 17.5 Å². The summed E-state index contributed by atoms with van der Waals surface area (Å²) in [6.45, 7) is 13.1. The molecule has 1 aromatic carbocycles. The molecule has 1 rings (SSSR count). The molecule has 0 radical (unpaired) electrons. The summed E-state index contributed by atoms with van der Waals surface area (Å²) in [5, 5.41) is 3.54. The standard InChI is InChI=1S/C17H30N2/c1-7-14(2)19(6)13-16-10-8-9-15(11-16)12-18-17(3,4)5/h8-11,14,18H,7,12-13H2,1-6H3. The van der Waals surface area contributed by atoms with E-state index in [2.05, 4.69) is 76.1 Å². The third-order valence-electron chi connectivity index (χ3n) is 3.59. The van der Waals surface area contributed by atoms with E-state index >= 15 is 0 Å². The van der Waals surface area contributed by atoms with E-state index in [4.69, 9.17) is 0 Å². The quantitative estimate of drug-likeness (QED) is 0.839. The van der Waals surface area contributed by atoms with Crippen molar-refractivity contribution >= 4 is 0 Å². The Morgan fingerprint density at radius 2 is 1.84 bits per heavy atom.